The average molecular weight is 753 g/mol. The molecule has 4 aromatic rings. The number of nitriles is 1. The zero-order valence-electron chi connectivity index (χ0n) is 30.4. The van der Waals surface area contributed by atoms with Gasteiger partial charge in [-0.3, -0.25) is 14.7 Å². The number of carboxylic acids is 1. The minimum absolute atomic E-state index is 0.0610. The molecule has 0 bridgehead atoms. The predicted octanol–water partition coefficient (Wildman–Crippen LogP) is 6.78. The van der Waals surface area contributed by atoms with Crippen molar-refractivity contribution in [3.8, 4) is 40.2 Å². The van der Waals surface area contributed by atoms with Crippen LogP contribution in [0, 0.1) is 18.3 Å². The number of nitrogens with zero attached hydrogens (tertiary/aromatic N) is 4. The van der Waals surface area contributed by atoms with E-state index in [-0.39, 0.29) is 25.4 Å². The first-order chi connectivity index (χ1) is 26.2. The molecule has 2 fully saturated rings. The van der Waals surface area contributed by atoms with Gasteiger partial charge in [-0.15, -0.1) is 0 Å². The molecule has 3 atom stereocenters. The largest absolute Gasteiger partial charge is 0.488 e. The summed E-state index contributed by atoms with van der Waals surface area (Å²) in [6.45, 7) is 6.45. The Labute approximate surface area is 320 Å². The first-order valence-corrected chi connectivity index (χ1v) is 18.9. The van der Waals surface area contributed by atoms with E-state index in [0.717, 1.165) is 83.7 Å². The fourth-order valence-corrected chi connectivity index (χ4v) is 7.73. The number of hydrogen-bond donors (Lipinski definition) is 2. The van der Waals surface area contributed by atoms with Crippen LogP contribution in [0.5, 0.6) is 23.0 Å². The number of rotatable bonds is 13. The third kappa shape index (κ3) is 8.91. The third-order valence-corrected chi connectivity index (χ3v) is 10.8. The van der Waals surface area contributed by atoms with Crippen molar-refractivity contribution in [3.05, 3.63) is 99.8 Å². The molecule has 11 nitrogen and oxygen atoms in total. The van der Waals surface area contributed by atoms with Gasteiger partial charge in [-0.2, -0.15) is 5.26 Å². The number of piperidine rings is 1. The van der Waals surface area contributed by atoms with Crippen molar-refractivity contribution in [2.75, 3.05) is 32.8 Å². The van der Waals surface area contributed by atoms with Gasteiger partial charge in [0.2, 0.25) is 0 Å². The Morgan fingerprint density at radius 1 is 1.02 bits per heavy atom. The fraction of sp³-hybridized carbons (Fsp3) is 0.405. The van der Waals surface area contributed by atoms with E-state index in [1.165, 1.54) is 6.20 Å². The molecule has 3 aromatic carbocycles. The molecule has 1 aromatic heterocycles. The fourth-order valence-electron chi connectivity index (χ4n) is 7.49. The summed E-state index contributed by atoms with van der Waals surface area (Å²) >= 11 is 6.85. The molecule has 12 heteroatoms. The van der Waals surface area contributed by atoms with Gasteiger partial charge in [-0.1, -0.05) is 42.3 Å². The van der Waals surface area contributed by atoms with E-state index < -0.39 is 12.0 Å². The van der Waals surface area contributed by atoms with Crippen molar-refractivity contribution in [2.45, 2.75) is 77.0 Å². The minimum Gasteiger partial charge on any atom is -0.488 e. The highest BCUT2D eigenvalue weighted by Crippen LogP contribution is 2.39. The lowest BCUT2D eigenvalue weighted by Crippen LogP contribution is -2.44. The maximum absolute atomic E-state index is 12.1. The number of carboxylic acid groups (broad SMARTS) is 1. The normalized spacial score (nSPS) is 20.0. The number of aliphatic carboxylic acids is 1. The van der Waals surface area contributed by atoms with Crippen LogP contribution in [0.25, 0.3) is 11.1 Å². The molecule has 3 aliphatic heterocycles. The number of likely N-dealkylation sites (tertiary alicyclic amines) is 2. The standard InChI is InChI=1S/C42H45ClN4O7/c1-27-31(5-4-6-35(27)30-8-9-38-41(17-30)54-34(26-53-38)11-14-46-13-10-33(48)23-46)25-52-40-18-39(51-24-29-15-28(19-44)20-45-21-29)32(16-36(40)43)22-47-12-3-2-7-37(47)42(49)50/h4-6,8-9,15-18,20-21,33-34,37,48H,2-3,7,10-14,22-26H2,1H3,(H,49,50). The van der Waals surface area contributed by atoms with Crippen LogP contribution in [-0.4, -0.2) is 82.0 Å². The Hall–Kier alpha value is -4.86. The van der Waals surface area contributed by atoms with E-state index >= 15 is 0 Å². The average Bonchev–Trinajstić information content (AvgIpc) is 3.61. The topological polar surface area (TPSA) is 138 Å². The first kappa shape index (κ1) is 37.5. The van der Waals surface area contributed by atoms with Gasteiger partial charge in [0.15, 0.2) is 11.5 Å². The molecular weight excluding hydrogens is 708 g/mol. The number of fused-ring (bicyclic) bond motifs is 1. The quantitative estimate of drug-likeness (QED) is 0.150. The van der Waals surface area contributed by atoms with Crippen molar-refractivity contribution in [3.63, 3.8) is 0 Å². The number of benzene rings is 3. The van der Waals surface area contributed by atoms with Crippen LogP contribution in [0.4, 0.5) is 0 Å². The summed E-state index contributed by atoms with van der Waals surface area (Å²) in [7, 11) is 0. The summed E-state index contributed by atoms with van der Waals surface area (Å²) in [6.07, 6.45) is 6.86. The van der Waals surface area contributed by atoms with Crippen molar-refractivity contribution < 1.29 is 34.0 Å². The van der Waals surface area contributed by atoms with Crippen LogP contribution in [0.15, 0.2) is 67.0 Å². The Balaban J connectivity index is 1.07. The lowest BCUT2D eigenvalue weighted by molar-refractivity contribution is -0.144. The van der Waals surface area contributed by atoms with E-state index in [4.69, 9.17) is 30.5 Å². The molecule has 0 saturated carbocycles. The summed E-state index contributed by atoms with van der Waals surface area (Å²) in [4.78, 5) is 20.4. The van der Waals surface area contributed by atoms with Gasteiger partial charge in [-0.25, -0.2) is 0 Å². The zero-order chi connectivity index (χ0) is 37.6. The minimum atomic E-state index is -0.837. The number of carbonyl (C=O) groups is 1. The summed E-state index contributed by atoms with van der Waals surface area (Å²) in [5, 5.41) is 29.5. The van der Waals surface area contributed by atoms with Crippen LogP contribution in [0.3, 0.4) is 0 Å². The van der Waals surface area contributed by atoms with Crippen molar-refractivity contribution in [1.82, 2.24) is 14.8 Å². The van der Waals surface area contributed by atoms with Crippen molar-refractivity contribution in [2.24, 2.45) is 0 Å². The van der Waals surface area contributed by atoms with Gasteiger partial charge in [-0.05, 0) is 79.3 Å². The van der Waals surface area contributed by atoms with E-state index in [1.807, 2.05) is 35.2 Å². The van der Waals surface area contributed by atoms with Gasteiger partial charge >= 0.3 is 5.97 Å². The number of pyridine rings is 1. The third-order valence-electron chi connectivity index (χ3n) is 10.5. The Kier molecular flexibility index (Phi) is 11.8. The summed E-state index contributed by atoms with van der Waals surface area (Å²) < 4.78 is 25.1. The molecule has 4 heterocycles. The second-order valence-electron chi connectivity index (χ2n) is 14.3. The zero-order valence-corrected chi connectivity index (χ0v) is 31.1. The highest BCUT2D eigenvalue weighted by atomic mass is 35.5. The Bertz CT molecular complexity index is 2020. The molecule has 7 rings (SSSR count). The number of aliphatic hydroxyl groups is 1. The molecular formula is C42H45ClN4O7. The van der Waals surface area contributed by atoms with Gasteiger partial charge in [0.25, 0.3) is 0 Å². The number of hydrogen-bond acceptors (Lipinski definition) is 10. The number of halogens is 1. The SMILES string of the molecule is Cc1c(COc2cc(OCc3cncc(C#N)c3)c(CN3CCCCC3C(=O)O)cc2Cl)cccc1-c1ccc2c(c1)OC(CCN1CCC(O)C1)CO2. The lowest BCUT2D eigenvalue weighted by Gasteiger charge is -2.33. The molecule has 0 spiro atoms. The number of ether oxygens (including phenoxy) is 4. The van der Waals surface area contributed by atoms with Crippen LogP contribution >= 0.6 is 11.6 Å². The van der Waals surface area contributed by atoms with Crippen molar-refractivity contribution >= 4 is 17.6 Å². The first-order valence-electron chi connectivity index (χ1n) is 18.6. The summed E-state index contributed by atoms with van der Waals surface area (Å²) in [5.41, 5.74) is 5.99. The second kappa shape index (κ2) is 17.1. The van der Waals surface area contributed by atoms with Gasteiger partial charge in [0.05, 0.1) is 16.7 Å². The highest BCUT2D eigenvalue weighted by molar-refractivity contribution is 6.32. The molecule has 54 heavy (non-hydrogen) atoms. The number of aliphatic hydroxyl groups excluding tert-OH is 1. The molecule has 3 aliphatic rings. The maximum Gasteiger partial charge on any atom is 0.320 e. The van der Waals surface area contributed by atoms with E-state index in [2.05, 4.69) is 28.9 Å². The molecule has 0 radical (unpaired) electrons. The molecule has 0 amide bonds. The predicted molar refractivity (Wildman–Crippen MR) is 203 cm³/mol. The molecule has 0 aliphatic carbocycles. The second-order valence-corrected chi connectivity index (χ2v) is 14.7. The number of β-amino-alcohol motifs (C(OH)–C–C–N with tert-alkyl or cyclic N) is 1. The summed E-state index contributed by atoms with van der Waals surface area (Å²) in [6, 6.07) is 19.0. The van der Waals surface area contributed by atoms with Gasteiger partial charge < -0.3 is 34.1 Å². The van der Waals surface area contributed by atoms with Crippen molar-refractivity contribution in [1.29, 1.82) is 5.26 Å². The molecule has 282 valence electrons. The Morgan fingerprint density at radius 2 is 1.89 bits per heavy atom. The monoisotopic (exact) mass is 752 g/mol. The van der Waals surface area contributed by atoms with E-state index in [0.29, 0.717) is 54.7 Å². The molecule has 2 N–H and O–H groups in total. The molecule has 3 unspecified atom stereocenters. The smallest absolute Gasteiger partial charge is 0.320 e. The summed E-state index contributed by atoms with van der Waals surface area (Å²) in [5.74, 6) is 1.57. The van der Waals surface area contributed by atoms with Gasteiger partial charge in [0.1, 0.15) is 49.5 Å². The Morgan fingerprint density at radius 3 is 2.70 bits per heavy atom. The van der Waals surface area contributed by atoms with E-state index in [1.54, 1.807) is 24.4 Å². The lowest BCUT2D eigenvalue weighted by atomic mass is 9.96. The van der Waals surface area contributed by atoms with Crippen LogP contribution < -0.4 is 18.9 Å². The van der Waals surface area contributed by atoms with Crippen LogP contribution in [0.2, 0.25) is 5.02 Å². The van der Waals surface area contributed by atoms with Crippen LogP contribution in [0.1, 0.15) is 59.9 Å². The highest BCUT2D eigenvalue weighted by Gasteiger charge is 2.30. The maximum atomic E-state index is 12.1. The number of aromatic nitrogens is 1. The van der Waals surface area contributed by atoms with Gasteiger partial charge in [0, 0.05) is 62.2 Å². The van der Waals surface area contributed by atoms with E-state index in [9.17, 15) is 20.3 Å². The van der Waals surface area contributed by atoms with Crippen LogP contribution in [-0.2, 0) is 24.6 Å². The molecule has 2 saturated heterocycles.